The van der Waals surface area contributed by atoms with Gasteiger partial charge in [-0.05, 0) is 57.4 Å². The van der Waals surface area contributed by atoms with Crippen LogP contribution < -0.4 is 4.74 Å². The van der Waals surface area contributed by atoms with E-state index in [2.05, 4.69) is 26.6 Å². The van der Waals surface area contributed by atoms with Gasteiger partial charge < -0.3 is 14.9 Å². The van der Waals surface area contributed by atoms with Crippen molar-refractivity contribution in [3.63, 3.8) is 0 Å². The quantitative estimate of drug-likeness (QED) is 0.554. The second kappa shape index (κ2) is 6.84. The van der Waals surface area contributed by atoms with Crippen LogP contribution in [-0.4, -0.2) is 38.8 Å². The van der Waals surface area contributed by atoms with Crippen molar-refractivity contribution in [2.24, 2.45) is 0 Å². The number of nitrogens with one attached hydrogen (secondary N) is 1. The number of aliphatic hydroxyl groups is 2. The third-order valence-electron chi connectivity index (χ3n) is 3.20. The molecule has 1 aromatic heterocycles. The molecule has 0 spiro atoms. The first kappa shape index (κ1) is 18.9. The maximum atomic E-state index is 12.1. The standard InChI is InChI=1S/C16H19N3O5S/c1-10-7-11(5-6-25(22,23)16(2,3)4)9-12(8-10)24-14-13(15(20)21)17-19-18-14/h7-9,15,20-21H,1-4H3,(H,17,18,19). The zero-order chi connectivity index (χ0) is 18.8. The number of hydrogen-bond donors (Lipinski definition) is 3. The minimum Gasteiger partial charge on any atom is -0.436 e. The van der Waals surface area contributed by atoms with Crippen LogP contribution in [0.2, 0.25) is 0 Å². The molecule has 134 valence electrons. The van der Waals surface area contributed by atoms with E-state index in [0.29, 0.717) is 11.3 Å². The molecule has 0 saturated heterocycles. The number of ether oxygens (including phenoxy) is 1. The molecule has 0 fully saturated rings. The van der Waals surface area contributed by atoms with Gasteiger partial charge in [-0.3, -0.25) is 5.10 Å². The van der Waals surface area contributed by atoms with Crippen molar-refractivity contribution in [3.05, 3.63) is 35.0 Å². The van der Waals surface area contributed by atoms with E-state index in [0.717, 1.165) is 5.56 Å². The Morgan fingerprint density at radius 2 is 1.92 bits per heavy atom. The molecule has 0 bridgehead atoms. The number of aromatic amines is 1. The lowest BCUT2D eigenvalue weighted by Gasteiger charge is -2.13. The molecule has 9 heteroatoms. The lowest BCUT2D eigenvalue weighted by Crippen LogP contribution is -2.25. The van der Waals surface area contributed by atoms with Crippen LogP contribution in [0.3, 0.4) is 0 Å². The van der Waals surface area contributed by atoms with E-state index in [4.69, 9.17) is 4.74 Å². The molecule has 0 aliphatic heterocycles. The predicted molar refractivity (Wildman–Crippen MR) is 90.4 cm³/mol. The highest BCUT2D eigenvalue weighted by Crippen LogP contribution is 2.26. The van der Waals surface area contributed by atoms with Gasteiger partial charge in [0.05, 0.1) is 4.75 Å². The van der Waals surface area contributed by atoms with E-state index < -0.39 is 20.9 Å². The third kappa shape index (κ3) is 4.57. The molecule has 0 unspecified atom stereocenters. The Hall–Kier alpha value is -2.41. The van der Waals surface area contributed by atoms with Gasteiger partial charge in [-0.1, -0.05) is 10.3 Å². The Bertz CT molecular complexity index is 931. The smallest absolute Gasteiger partial charge is 0.267 e. The number of rotatable bonds is 3. The summed E-state index contributed by atoms with van der Waals surface area (Å²) in [5.41, 5.74) is 1.13. The van der Waals surface area contributed by atoms with Gasteiger partial charge in [-0.25, -0.2) is 8.42 Å². The average molecular weight is 365 g/mol. The normalized spacial score (nSPS) is 12.0. The fraction of sp³-hybridized carbons (Fsp3) is 0.375. The van der Waals surface area contributed by atoms with Gasteiger partial charge in [-0.15, -0.1) is 0 Å². The van der Waals surface area contributed by atoms with Gasteiger partial charge in [0.1, 0.15) is 5.75 Å². The Balaban J connectivity index is 2.35. The summed E-state index contributed by atoms with van der Waals surface area (Å²) in [4.78, 5) is 0. The molecule has 1 aromatic carbocycles. The molecule has 0 atom stereocenters. The van der Waals surface area contributed by atoms with Gasteiger partial charge in [0.15, 0.2) is 5.69 Å². The highest BCUT2D eigenvalue weighted by atomic mass is 32.2. The van der Waals surface area contributed by atoms with Crippen LogP contribution in [0.4, 0.5) is 0 Å². The molecule has 1 heterocycles. The second-order valence-corrected chi connectivity index (χ2v) is 8.82. The van der Waals surface area contributed by atoms with Crippen molar-refractivity contribution in [3.8, 4) is 22.8 Å². The highest BCUT2D eigenvalue weighted by Gasteiger charge is 2.26. The third-order valence-corrected chi connectivity index (χ3v) is 5.18. The van der Waals surface area contributed by atoms with E-state index in [1.54, 1.807) is 39.8 Å². The molecular formula is C16H19N3O5S. The zero-order valence-electron chi connectivity index (χ0n) is 14.2. The first-order chi connectivity index (χ1) is 11.5. The first-order valence-electron chi connectivity index (χ1n) is 7.33. The molecule has 2 rings (SSSR count). The summed E-state index contributed by atoms with van der Waals surface area (Å²) < 4.78 is 28.7. The maximum Gasteiger partial charge on any atom is 0.267 e. The van der Waals surface area contributed by atoms with E-state index >= 15 is 0 Å². The average Bonchev–Trinajstić information content (AvgIpc) is 2.92. The van der Waals surface area contributed by atoms with Crippen molar-refractivity contribution in [2.45, 2.75) is 38.7 Å². The molecule has 0 aliphatic rings. The molecular weight excluding hydrogens is 346 g/mol. The van der Waals surface area contributed by atoms with Gasteiger partial charge in [0, 0.05) is 10.8 Å². The molecule has 2 aromatic rings. The van der Waals surface area contributed by atoms with Crippen LogP contribution in [0, 0.1) is 18.1 Å². The Kier molecular flexibility index (Phi) is 5.17. The van der Waals surface area contributed by atoms with Crippen LogP contribution in [-0.2, 0) is 9.84 Å². The van der Waals surface area contributed by atoms with Crippen molar-refractivity contribution in [1.29, 1.82) is 0 Å². The van der Waals surface area contributed by atoms with Crippen LogP contribution >= 0.6 is 0 Å². The fourth-order valence-corrected chi connectivity index (χ4v) is 2.30. The number of nitrogens with zero attached hydrogens (tertiary/aromatic N) is 2. The lowest BCUT2D eigenvalue weighted by molar-refractivity contribution is -0.0470. The van der Waals surface area contributed by atoms with E-state index in [-0.39, 0.29) is 11.6 Å². The Morgan fingerprint density at radius 1 is 1.24 bits per heavy atom. The SMILES string of the molecule is Cc1cc(C#CS(=O)(=O)C(C)(C)C)cc(Oc2nn[nH]c2C(O)O)c1. The molecule has 3 N–H and O–H groups in total. The van der Waals surface area contributed by atoms with Crippen molar-refractivity contribution < 1.29 is 23.4 Å². The number of aryl methyl sites for hydroxylation is 1. The number of H-pyrrole nitrogens is 1. The largest absolute Gasteiger partial charge is 0.436 e. The minimum atomic E-state index is -3.58. The van der Waals surface area contributed by atoms with Crippen LogP contribution in [0.15, 0.2) is 18.2 Å². The van der Waals surface area contributed by atoms with Crippen LogP contribution in [0.25, 0.3) is 0 Å². The summed E-state index contributed by atoms with van der Waals surface area (Å²) in [5, 5.41) is 30.1. The van der Waals surface area contributed by atoms with Gasteiger partial charge >= 0.3 is 0 Å². The summed E-state index contributed by atoms with van der Waals surface area (Å²) >= 11 is 0. The number of benzene rings is 1. The topological polar surface area (TPSA) is 125 Å². The monoisotopic (exact) mass is 365 g/mol. The van der Waals surface area contributed by atoms with Gasteiger partial charge in [0.25, 0.3) is 5.88 Å². The number of hydrogen-bond acceptors (Lipinski definition) is 7. The molecule has 0 aliphatic carbocycles. The van der Waals surface area contributed by atoms with Crippen molar-refractivity contribution in [2.75, 3.05) is 0 Å². The minimum absolute atomic E-state index is 0.0931. The number of aromatic nitrogens is 3. The maximum absolute atomic E-state index is 12.1. The van der Waals surface area contributed by atoms with Crippen molar-refractivity contribution >= 4 is 9.84 Å². The second-order valence-electron chi connectivity index (χ2n) is 6.38. The first-order valence-corrected chi connectivity index (χ1v) is 8.82. The van der Waals surface area contributed by atoms with E-state index in [1.807, 2.05) is 0 Å². The van der Waals surface area contributed by atoms with Gasteiger partial charge in [0.2, 0.25) is 16.1 Å². The molecule has 8 nitrogen and oxygen atoms in total. The van der Waals surface area contributed by atoms with E-state index in [9.17, 15) is 18.6 Å². The predicted octanol–water partition coefficient (Wildman–Crippen LogP) is 1.41. The molecule has 25 heavy (non-hydrogen) atoms. The number of sulfone groups is 1. The summed E-state index contributed by atoms with van der Waals surface area (Å²) in [6.45, 7) is 6.52. The lowest BCUT2D eigenvalue weighted by atomic mass is 10.1. The van der Waals surface area contributed by atoms with E-state index in [1.165, 1.54) is 6.07 Å². The number of aliphatic hydroxyl groups excluding tert-OH is 1. The molecule has 0 saturated carbocycles. The summed E-state index contributed by atoms with van der Waals surface area (Å²) in [6, 6.07) is 4.91. The summed E-state index contributed by atoms with van der Waals surface area (Å²) in [6.07, 6.45) is -1.81. The molecule has 0 amide bonds. The summed E-state index contributed by atoms with van der Waals surface area (Å²) in [5.74, 6) is 2.85. The zero-order valence-corrected chi connectivity index (χ0v) is 15.0. The Labute approximate surface area is 145 Å². The van der Waals surface area contributed by atoms with Crippen LogP contribution in [0.1, 0.15) is 43.9 Å². The Morgan fingerprint density at radius 3 is 2.52 bits per heavy atom. The van der Waals surface area contributed by atoms with Gasteiger partial charge in [-0.2, -0.15) is 0 Å². The molecule has 0 radical (unpaired) electrons. The highest BCUT2D eigenvalue weighted by molar-refractivity contribution is 7.97. The fourth-order valence-electron chi connectivity index (χ4n) is 1.74. The van der Waals surface area contributed by atoms with Crippen molar-refractivity contribution in [1.82, 2.24) is 15.4 Å². The summed E-state index contributed by atoms with van der Waals surface area (Å²) in [7, 11) is -3.58. The van der Waals surface area contributed by atoms with Crippen LogP contribution in [0.5, 0.6) is 11.6 Å².